The molecule has 4 nitrogen and oxygen atoms in total. The molecule has 1 heterocycles. The minimum absolute atomic E-state index is 0.114. The first-order valence-corrected chi connectivity index (χ1v) is 8.94. The van der Waals surface area contributed by atoms with Crippen molar-refractivity contribution in [2.45, 2.75) is 31.6 Å². The second kappa shape index (κ2) is 6.85. The molecule has 0 bridgehead atoms. The maximum absolute atomic E-state index is 13.5. The van der Waals surface area contributed by atoms with Gasteiger partial charge in [0.2, 0.25) is 10.0 Å². The van der Waals surface area contributed by atoms with Gasteiger partial charge < -0.3 is 4.74 Å². The molecule has 1 aliphatic rings. The van der Waals surface area contributed by atoms with E-state index in [9.17, 15) is 12.8 Å². The van der Waals surface area contributed by atoms with Crippen LogP contribution in [0.15, 0.2) is 24.3 Å². The maximum Gasteiger partial charge on any atom is 0.211 e. The standard InChI is InChI=1S/C15H22FNO3S/c1-2-10-21(18,19)17-12-15(6-8-20-9-7-15)13-4-3-5-14(16)11-13/h3-5,11,17H,2,6-10,12H2,1H3. The summed E-state index contributed by atoms with van der Waals surface area (Å²) < 4.78 is 45.4. The number of hydrogen-bond donors (Lipinski definition) is 1. The molecule has 1 aromatic rings. The summed E-state index contributed by atoms with van der Waals surface area (Å²) in [5.41, 5.74) is 0.450. The molecule has 0 spiro atoms. The van der Waals surface area contributed by atoms with Crippen LogP contribution in [0.3, 0.4) is 0 Å². The molecule has 0 atom stereocenters. The number of rotatable bonds is 6. The third-order valence-electron chi connectivity index (χ3n) is 3.99. The lowest BCUT2D eigenvalue weighted by Crippen LogP contribution is -2.45. The van der Waals surface area contributed by atoms with E-state index in [2.05, 4.69) is 4.72 Å². The van der Waals surface area contributed by atoms with Gasteiger partial charge in [-0.25, -0.2) is 17.5 Å². The molecule has 1 aromatic carbocycles. The highest BCUT2D eigenvalue weighted by Gasteiger charge is 2.35. The van der Waals surface area contributed by atoms with E-state index in [1.807, 2.05) is 13.0 Å². The smallest absolute Gasteiger partial charge is 0.211 e. The largest absolute Gasteiger partial charge is 0.381 e. The van der Waals surface area contributed by atoms with Gasteiger partial charge >= 0.3 is 0 Å². The van der Waals surface area contributed by atoms with Crippen LogP contribution in [0.4, 0.5) is 4.39 Å². The summed E-state index contributed by atoms with van der Waals surface area (Å²) in [5, 5.41) is 0. The van der Waals surface area contributed by atoms with Crippen LogP contribution in [0.5, 0.6) is 0 Å². The number of benzene rings is 1. The molecule has 1 N–H and O–H groups in total. The molecule has 1 aliphatic heterocycles. The van der Waals surface area contributed by atoms with E-state index in [0.717, 1.165) is 5.56 Å². The normalized spacial score (nSPS) is 18.6. The van der Waals surface area contributed by atoms with Crippen molar-refractivity contribution in [3.63, 3.8) is 0 Å². The Hall–Kier alpha value is -0.980. The van der Waals surface area contributed by atoms with Crippen LogP contribution >= 0.6 is 0 Å². The molecule has 2 rings (SSSR count). The number of nitrogens with one attached hydrogen (secondary N) is 1. The van der Waals surface area contributed by atoms with Gasteiger partial charge in [-0.1, -0.05) is 19.1 Å². The number of hydrogen-bond acceptors (Lipinski definition) is 3. The Morgan fingerprint density at radius 1 is 1.33 bits per heavy atom. The van der Waals surface area contributed by atoms with Crippen molar-refractivity contribution in [3.8, 4) is 0 Å². The average molecular weight is 315 g/mol. The molecule has 0 saturated carbocycles. The fraction of sp³-hybridized carbons (Fsp3) is 0.600. The van der Waals surface area contributed by atoms with Crippen molar-refractivity contribution in [2.75, 3.05) is 25.5 Å². The molecule has 0 aliphatic carbocycles. The number of ether oxygens (including phenoxy) is 1. The van der Waals surface area contributed by atoms with Gasteiger partial charge in [0.15, 0.2) is 0 Å². The Bertz CT molecular complexity index is 568. The Kier molecular flexibility index (Phi) is 5.35. The molecular formula is C15H22FNO3S. The molecule has 0 radical (unpaired) electrons. The zero-order chi connectivity index (χ0) is 15.3. The molecule has 0 aromatic heterocycles. The van der Waals surface area contributed by atoms with Crippen LogP contribution in [0, 0.1) is 5.82 Å². The molecule has 21 heavy (non-hydrogen) atoms. The lowest BCUT2D eigenvalue weighted by atomic mass is 9.74. The zero-order valence-corrected chi connectivity index (χ0v) is 13.1. The first-order valence-electron chi connectivity index (χ1n) is 7.29. The fourth-order valence-corrected chi connectivity index (χ4v) is 3.92. The zero-order valence-electron chi connectivity index (χ0n) is 12.3. The summed E-state index contributed by atoms with van der Waals surface area (Å²) in [6.07, 6.45) is 1.95. The van der Waals surface area contributed by atoms with Crippen molar-refractivity contribution < 1.29 is 17.5 Å². The molecule has 1 fully saturated rings. The summed E-state index contributed by atoms with van der Waals surface area (Å²) in [6, 6.07) is 6.43. The van der Waals surface area contributed by atoms with Crippen LogP contribution in [0.1, 0.15) is 31.7 Å². The van der Waals surface area contributed by atoms with Crippen LogP contribution < -0.4 is 4.72 Å². The van der Waals surface area contributed by atoms with Gasteiger partial charge in [0.05, 0.1) is 5.75 Å². The van der Waals surface area contributed by atoms with E-state index in [4.69, 9.17) is 4.74 Å². The average Bonchev–Trinajstić information content (AvgIpc) is 2.46. The number of sulfonamides is 1. The molecule has 0 unspecified atom stereocenters. The minimum atomic E-state index is -3.27. The van der Waals surface area contributed by atoms with Gasteiger partial charge in [-0.15, -0.1) is 0 Å². The Labute approximate surface area is 125 Å². The monoisotopic (exact) mass is 315 g/mol. The molecule has 118 valence electrons. The molecule has 6 heteroatoms. The highest BCUT2D eigenvalue weighted by Crippen LogP contribution is 2.34. The second-order valence-corrected chi connectivity index (χ2v) is 7.47. The lowest BCUT2D eigenvalue weighted by molar-refractivity contribution is 0.0516. The lowest BCUT2D eigenvalue weighted by Gasteiger charge is -2.37. The molecule has 0 amide bonds. The van der Waals surface area contributed by atoms with Gasteiger partial charge in [-0.2, -0.15) is 0 Å². The Balaban J connectivity index is 2.22. The second-order valence-electron chi connectivity index (χ2n) is 5.54. The Morgan fingerprint density at radius 3 is 2.67 bits per heavy atom. The van der Waals surface area contributed by atoms with Gasteiger partial charge in [-0.05, 0) is 37.0 Å². The van der Waals surface area contributed by atoms with Gasteiger partial charge in [-0.3, -0.25) is 0 Å². The van der Waals surface area contributed by atoms with E-state index in [-0.39, 0.29) is 17.0 Å². The summed E-state index contributed by atoms with van der Waals surface area (Å²) in [4.78, 5) is 0. The summed E-state index contributed by atoms with van der Waals surface area (Å²) in [5.74, 6) is -0.183. The highest BCUT2D eigenvalue weighted by atomic mass is 32.2. The maximum atomic E-state index is 13.5. The minimum Gasteiger partial charge on any atom is -0.381 e. The van der Waals surface area contributed by atoms with E-state index in [1.165, 1.54) is 12.1 Å². The van der Waals surface area contributed by atoms with Crippen LogP contribution in [-0.4, -0.2) is 33.9 Å². The van der Waals surface area contributed by atoms with Crippen molar-refractivity contribution in [1.29, 1.82) is 0 Å². The van der Waals surface area contributed by atoms with Gasteiger partial charge in [0.1, 0.15) is 5.82 Å². The van der Waals surface area contributed by atoms with Crippen molar-refractivity contribution in [1.82, 2.24) is 4.72 Å². The fourth-order valence-electron chi connectivity index (χ4n) is 2.74. The van der Waals surface area contributed by atoms with Crippen molar-refractivity contribution in [3.05, 3.63) is 35.6 Å². The van der Waals surface area contributed by atoms with Crippen LogP contribution in [-0.2, 0) is 20.2 Å². The summed E-state index contributed by atoms with van der Waals surface area (Å²) in [6.45, 7) is 3.25. The van der Waals surface area contributed by atoms with Crippen LogP contribution in [0.2, 0.25) is 0 Å². The van der Waals surface area contributed by atoms with Gasteiger partial charge in [0, 0.05) is 25.2 Å². The SMILES string of the molecule is CCCS(=O)(=O)NCC1(c2cccc(F)c2)CCOCC1. The van der Waals surface area contributed by atoms with E-state index >= 15 is 0 Å². The van der Waals surface area contributed by atoms with Gasteiger partial charge in [0.25, 0.3) is 0 Å². The van der Waals surface area contributed by atoms with E-state index < -0.39 is 10.0 Å². The van der Waals surface area contributed by atoms with E-state index in [0.29, 0.717) is 39.0 Å². The quantitative estimate of drug-likeness (QED) is 0.875. The molecule has 1 saturated heterocycles. The Morgan fingerprint density at radius 2 is 2.05 bits per heavy atom. The predicted octanol–water partition coefficient (Wildman–Crippen LogP) is 2.20. The van der Waals surface area contributed by atoms with Crippen LogP contribution in [0.25, 0.3) is 0 Å². The number of halogens is 1. The third kappa shape index (κ3) is 4.25. The van der Waals surface area contributed by atoms with E-state index in [1.54, 1.807) is 6.07 Å². The summed E-state index contributed by atoms with van der Waals surface area (Å²) >= 11 is 0. The topological polar surface area (TPSA) is 55.4 Å². The molecular weight excluding hydrogens is 293 g/mol. The predicted molar refractivity (Wildman–Crippen MR) is 80.2 cm³/mol. The first kappa shape index (κ1) is 16.4. The first-order chi connectivity index (χ1) is 9.97. The third-order valence-corrected chi connectivity index (χ3v) is 5.52. The van der Waals surface area contributed by atoms with Crippen molar-refractivity contribution in [2.24, 2.45) is 0 Å². The summed E-state index contributed by atoms with van der Waals surface area (Å²) in [7, 11) is -3.27. The highest BCUT2D eigenvalue weighted by molar-refractivity contribution is 7.89. The van der Waals surface area contributed by atoms with Crippen molar-refractivity contribution >= 4 is 10.0 Å².